The van der Waals surface area contributed by atoms with Gasteiger partial charge in [-0.05, 0) is 55.0 Å². The molecule has 10 heteroatoms. The van der Waals surface area contributed by atoms with Gasteiger partial charge in [-0.3, -0.25) is 0 Å². The molecule has 3 N–H and O–H groups in total. The maximum absolute atomic E-state index is 13.3. The Morgan fingerprint density at radius 3 is 2.56 bits per heavy atom. The number of nitrogens with one attached hydrogen (secondary N) is 3. The van der Waals surface area contributed by atoms with Crippen molar-refractivity contribution in [2.75, 3.05) is 28.4 Å². The van der Waals surface area contributed by atoms with Crippen LogP contribution in [0.5, 0.6) is 5.75 Å². The summed E-state index contributed by atoms with van der Waals surface area (Å²) < 4.78 is 19.0. The van der Waals surface area contributed by atoms with Crippen LogP contribution in [0.3, 0.4) is 0 Å². The molecule has 0 radical (unpaired) electrons. The Hall–Kier alpha value is -3.62. The van der Waals surface area contributed by atoms with Crippen molar-refractivity contribution in [2.45, 2.75) is 6.42 Å². The van der Waals surface area contributed by atoms with E-state index in [-0.39, 0.29) is 5.02 Å². The molecule has 1 aromatic heterocycles. The lowest BCUT2D eigenvalue weighted by molar-refractivity contribution is 0.262. The number of carbonyl (C=O) groups is 1. The number of ether oxygens (including phenoxy) is 1. The third-order valence-electron chi connectivity index (χ3n) is 4.72. The fraction of sp³-hybridized carbons (Fsp3) is 0.125. The van der Waals surface area contributed by atoms with Crippen molar-refractivity contribution < 1.29 is 13.9 Å². The Morgan fingerprint density at radius 1 is 0.971 bits per heavy atom. The van der Waals surface area contributed by atoms with Gasteiger partial charge in [-0.25, -0.2) is 19.2 Å². The van der Waals surface area contributed by atoms with Crippen LogP contribution in [0, 0.1) is 5.82 Å². The van der Waals surface area contributed by atoms with Gasteiger partial charge in [0, 0.05) is 34.4 Å². The maximum Gasteiger partial charge on any atom is 0.323 e. The number of aromatic nitrogens is 2. The molecule has 0 aliphatic rings. The highest BCUT2D eigenvalue weighted by Crippen LogP contribution is 2.27. The van der Waals surface area contributed by atoms with E-state index in [1.165, 1.54) is 24.5 Å². The SMILES string of the molecule is O=C(Nc1cccc(Nc2ncnc3cc(OCCCCl)ccc23)c1)Nc1ccc(F)c(Cl)c1. The molecule has 0 atom stereocenters. The molecule has 2 amide bonds. The normalized spacial score (nSPS) is 10.7. The lowest BCUT2D eigenvalue weighted by Crippen LogP contribution is -2.19. The zero-order valence-electron chi connectivity index (χ0n) is 17.8. The first-order valence-electron chi connectivity index (χ1n) is 10.4. The zero-order valence-corrected chi connectivity index (χ0v) is 19.3. The number of rotatable bonds is 8. The average Bonchev–Trinajstić information content (AvgIpc) is 2.82. The number of anilines is 4. The third kappa shape index (κ3) is 6.03. The largest absolute Gasteiger partial charge is 0.493 e. The van der Waals surface area contributed by atoms with Gasteiger partial charge in [0.2, 0.25) is 0 Å². The predicted molar refractivity (Wildman–Crippen MR) is 134 cm³/mol. The number of nitrogens with zero attached hydrogens (tertiary/aromatic N) is 2. The Morgan fingerprint density at radius 2 is 1.76 bits per heavy atom. The molecule has 34 heavy (non-hydrogen) atoms. The van der Waals surface area contributed by atoms with Crippen LogP contribution in [-0.2, 0) is 0 Å². The van der Waals surface area contributed by atoms with E-state index in [0.717, 1.165) is 17.3 Å². The van der Waals surface area contributed by atoms with E-state index in [1.54, 1.807) is 18.2 Å². The Kier molecular flexibility index (Phi) is 7.61. The van der Waals surface area contributed by atoms with Gasteiger partial charge in [0.25, 0.3) is 0 Å². The molecule has 0 aliphatic heterocycles. The van der Waals surface area contributed by atoms with Crippen LogP contribution in [0.25, 0.3) is 10.9 Å². The summed E-state index contributed by atoms with van der Waals surface area (Å²) in [7, 11) is 0. The van der Waals surface area contributed by atoms with E-state index >= 15 is 0 Å². The van der Waals surface area contributed by atoms with Gasteiger partial charge in [-0.1, -0.05) is 17.7 Å². The summed E-state index contributed by atoms with van der Waals surface area (Å²) >= 11 is 11.5. The number of urea groups is 1. The van der Waals surface area contributed by atoms with Gasteiger partial charge in [0.1, 0.15) is 23.7 Å². The number of halogens is 3. The van der Waals surface area contributed by atoms with Crippen LogP contribution >= 0.6 is 23.2 Å². The molecule has 0 saturated heterocycles. The van der Waals surface area contributed by atoms with Gasteiger partial charge < -0.3 is 20.7 Å². The van der Waals surface area contributed by atoms with Crippen LogP contribution in [-0.4, -0.2) is 28.5 Å². The standard InChI is InChI=1S/C24H20Cl2FN5O2/c25-9-2-10-34-18-6-7-19-22(13-18)28-14-29-23(19)30-15-3-1-4-16(11-15)31-24(33)32-17-5-8-21(27)20(26)12-17/h1,3-8,11-14H,2,9-10H2,(H,28,29,30)(H2,31,32,33). The van der Waals surface area contributed by atoms with E-state index < -0.39 is 11.8 Å². The van der Waals surface area contributed by atoms with Gasteiger partial charge in [0.15, 0.2) is 0 Å². The molecule has 0 aliphatic carbocycles. The number of fused-ring (bicyclic) bond motifs is 1. The highest BCUT2D eigenvalue weighted by atomic mass is 35.5. The summed E-state index contributed by atoms with van der Waals surface area (Å²) in [6.45, 7) is 0.534. The lowest BCUT2D eigenvalue weighted by atomic mass is 10.2. The summed E-state index contributed by atoms with van der Waals surface area (Å²) in [4.78, 5) is 21.0. The van der Waals surface area contributed by atoms with E-state index in [0.29, 0.717) is 41.1 Å². The monoisotopic (exact) mass is 499 g/mol. The number of hydrogen-bond donors (Lipinski definition) is 3. The first-order valence-corrected chi connectivity index (χ1v) is 11.3. The minimum Gasteiger partial charge on any atom is -0.493 e. The highest BCUT2D eigenvalue weighted by Gasteiger charge is 2.09. The first-order chi connectivity index (χ1) is 16.5. The second-order valence-corrected chi connectivity index (χ2v) is 7.99. The summed E-state index contributed by atoms with van der Waals surface area (Å²) in [5.74, 6) is 1.31. The summed E-state index contributed by atoms with van der Waals surface area (Å²) in [5, 5.41) is 9.35. The second kappa shape index (κ2) is 11.0. The van der Waals surface area contributed by atoms with Gasteiger partial charge in [-0.15, -0.1) is 11.6 Å². The number of alkyl halides is 1. The molecular formula is C24H20Cl2FN5O2. The summed E-state index contributed by atoms with van der Waals surface area (Å²) in [6, 6.07) is 16.2. The molecule has 7 nitrogen and oxygen atoms in total. The predicted octanol–water partition coefficient (Wildman–Crippen LogP) is 6.82. The van der Waals surface area contributed by atoms with Gasteiger partial charge >= 0.3 is 6.03 Å². The Labute approximate surface area is 205 Å². The summed E-state index contributed by atoms with van der Waals surface area (Å²) in [5.41, 5.74) is 2.36. The van der Waals surface area contributed by atoms with E-state index in [2.05, 4.69) is 25.9 Å². The Bertz CT molecular complexity index is 1320. The number of carbonyl (C=O) groups excluding carboxylic acids is 1. The quantitative estimate of drug-likeness (QED) is 0.183. The molecular weight excluding hydrogens is 480 g/mol. The van der Waals surface area contributed by atoms with Crippen molar-refractivity contribution in [1.82, 2.24) is 9.97 Å². The van der Waals surface area contributed by atoms with Crippen LogP contribution < -0.4 is 20.7 Å². The molecule has 0 spiro atoms. The lowest BCUT2D eigenvalue weighted by Gasteiger charge is -2.12. The van der Waals surface area contributed by atoms with Crippen LogP contribution in [0.15, 0.2) is 67.0 Å². The molecule has 3 aromatic carbocycles. The second-order valence-electron chi connectivity index (χ2n) is 7.21. The minimum atomic E-state index is -0.557. The number of benzene rings is 3. The van der Waals surface area contributed by atoms with Crippen molar-refractivity contribution in [3.8, 4) is 5.75 Å². The third-order valence-corrected chi connectivity index (χ3v) is 5.27. The number of amides is 2. The average molecular weight is 500 g/mol. The molecule has 4 rings (SSSR count). The van der Waals surface area contributed by atoms with E-state index in [9.17, 15) is 9.18 Å². The molecule has 1 heterocycles. The van der Waals surface area contributed by atoms with Crippen molar-refractivity contribution in [3.63, 3.8) is 0 Å². The van der Waals surface area contributed by atoms with Gasteiger partial charge in [-0.2, -0.15) is 0 Å². The fourth-order valence-electron chi connectivity index (χ4n) is 3.15. The minimum absolute atomic E-state index is 0.0741. The Balaban J connectivity index is 1.45. The van der Waals surface area contributed by atoms with Crippen molar-refractivity contribution in [2.24, 2.45) is 0 Å². The van der Waals surface area contributed by atoms with Crippen molar-refractivity contribution in [1.29, 1.82) is 0 Å². The zero-order chi connectivity index (χ0) is 23.9. The highest BCUT2D eigenvalue weighted by molar-refractivity contribution is 6.31. The van der Waals surface area contributed by atoms with Crippen molar-refractivity contribution >= 4 is 63.0 Å². The van der Waals surface area contributed by atoms with Crippen LogP contribution in [0.1, 0.15) is 6.42 Å². The van der Waals surface area contributed by atoms with E-state index in [1.807, 2.05) is 24.3 Å². The van der Waals surface area contributed by atoms with Gasteiger partial charge in [0.05, 0.1) is 17.1 Å². The molecule has 0 bridgehead atoms. The summed E-state index contributed by atoms with van der Waals surface area (Å²) in [6.07, 6.45) is 2.23. The molecule has 174 valence electrons. The van der Waals surface area contributed by atoms with Crippen LogP contribution in [0.2, 0.25) is 5.02 Å². The number of hydrogen-bond acceptors (Lipinski definition) is 5. The molecule has 0 fully saturated rings. The maximum atomic E-state index is 13.3. The topological polar surface area (TPSA) is 88.2 Å². The first kappa shape index (κ1) is 23.5. The molecule has 4 aromatic rings. The fourth-order valence-corrected chi connectivity index (χ4v) is 3.44. The molecule has 0 unspecified atom stereocenters. The van der Waals surface area contributed by atoms with Crippen molar-refractivity contribution in [3.05, 3.63) is 77.8 Å². The van der Waals surface area contributed by atoms with Crippen LogP contribution in [0.4, 0.5) is 32.1 Å². The molecule has 0 saturated carbocycles. The smallest absolute Gasteiger partial charge is 0.323 e. The van der Waals surface area contributed by atoms with E-state index in [4.69, 9.17) is 27.9 Å².